The van der Waals surface area contributed by atoms with Gasteiger partial charge in [0, 0.05) is 19.3 Å². The number of carbonyl (C=O) groups is 1. The van der Waals surface area contributed by atoms with E-state index in [-0.39, 0.29) is 18.6 Å². The maximum Gasteiger partial charge on any atom is 0.453 e. The van der Waals surface area contributed by atoms with Crippen LogP contribution in [0.3, 0.4) is 0 Å². The fourth-order valence-corrected chi connectivity index (χ4v) is 9.55. The molecule has 0 saturated heterocycles. The number of carbonyl (C=O) groups excluding carboxylic acids is 1. The molecule has 4 aliphatic carbocycles. The Bertz CT molecular complexity index is 1050. The molecule has 2 nitrogen and oxygen atoms in total. The van der Waals surface area contributed by atoms with E-state index in [4.69, 9.17) is 0 Å². The van der Waals surface area contributed by atoms with E-state index in [2.05, 4.69) is 6.07 Å². The van der Waals surface area contributed by atoms with E-state index in [1.807, 2.05) is 12.1 Å². The molecule has 0 heterocycles. The second kappa shape index (κ2) is 12.5. The van der Waals surface area contributed by atoms with Crippen molar-refractivity contribution in [1.29, 1.82) is 0 Å². The predicted molar refractivity (Wildman–Crippen MR) is 150 cm³/mol. The Balaban J connectivity index is 1.00. The summed E-state index contributed by atoms with van der Waals surface area (Å²) in [6.07, 6.45) is 10.9. The summed E-state index contributed by atoms with van der Waals surface area (Å²) in [6.45, 7) is 0. The molecule has 230 valence electrons. The van der Waals surface area contributed by atoms with Crippen molar-refractivity contribution >= 4 is 5.78 Å². The van der Waals surface area contributed by atoms with E-state index < -0.39 is 24.9 Å². The molecule has 3 saturated carbocycles. The van der Waals surface area contributed by atoms with Gasteiger partial charge in [-0.3, -0.25) is 4.79 Å². The van der Waals surface area contributed by atoms with Gasteiger partial charge in [-0.1, -0.05) is 44.6 Å². The first-order chi connectivity index (χ1) is 19.5. The molecular formula is C34H47F5O2. The van der Waals surface area contributed by atoms with E-state index in [1.54, 1.807) is 0 Å². The topological polar surface area (TPSA) is 37.3 Å². The van der Waals surface area contributed by atoms with Gasteiger partial charge in [0.15, 0.2) is 0 Å². The van der Waals surface area contributed by atoms with E-state index >= 15 is 0 Å². The van der Waals surface area contributed by atoms with Crippen LogP contribution in [0.5, 0.6) is 5.75 Å². The lowest BCUT2D eigenvalue weighted by Gasteiger charge is -2.59. The third-order valence-corrected chi connectivity index (χ3v) is 11.6. The first kappa shape index (κ1) is 30.8. The second-order valence-electron chi connectivity index (χ2n) is 13.8. The zero-order valence-electron chi connectivity index (χ0n) is 24.3. The second-order valence-corrected chi connectivity index (χ2v) is 13.8. The van der Waals surface area contributed by atoms with Crippen LogP contribution in [0.1, 0.15) is 133 Å². The Morgan fingerprint density at radius 1 is 0.854 bits per heavy atom. The van der Waals surface area contributed by atoms with E-state index in [1.165, 1.54) is 68.9 Å². The SMILES string of the molecule is O=C(CCCCCCCCC[C@@H]1Cc2cc(O)ccc2[C@H]2CC[C@]34CC[C@H]3CC[C@H]4C12)CCCC(F)(F)C(F)(F)F. The van der Waals surface area contributed by atoms with Crippen molar-refractivity contribution in [2.45, 2.75) is 140 Å². The maximum atomic E-state index is 13.0. The Morgan fingerprint density at radius 2 is 1.54 bits per heavy atom. The minimum atomic E-state index is -5.54. The van der Waals surface area contributed by atoms with Crippen LogP contribution in [-0.2, 0) is 11.2 Å². The highest BCUT2D eigenvalue weighted by molar-refractivity contribution is 5.78. The molecule has 0 aromatic heterocycles. The maximum absolute atomic E-state index is 13.0. The molecule has 0 radical (unpaired) electrons. The number of ketones is 1. The summed E-state index contributed by atoms with van der Waals surface area (Å²) in [5.41, 5.74) is 3.53. The third-order valence-electron chi connectivity index (χ3n) is 11.6. The molecule has 0 amide bonds. The first-order valence-electron chi connectivity index (χ1n) is 16.3. The number of aromatic hydroxyl groups is 1. The lowest BCUT2D eigenvalue weighted by molar-refractivity contribution is -0.284. The molecule has 41 heavy (non-hydrogen) atoms. The van der Waals surface area contributed by atoms with Gasteiger partial charge in [-0.05, 0) is 122 Å². The van der Waals surface area contributed by atoms with Crippen LogP contribution in [-0.4, -0.2) is 23.0 Å². The molecular weight excluding hydrogens is 535 g/mol. The standard InChI is InChI=1S/C34H47F5O2/c35-33(36,34(37,38)39)18-8-11-26(40)10-7-5-3-1-2-4-6-9-23-21-24-22-27(41)13-14-28(24)29-17-20-32-19-16-25(32)12-15-30(32)31(23)29/h13-14,22-23,25,29-31,41H,1-12,15-21H2/t23-,25-,29-,30+,31?,32-/m1/s1. The van der Waals surface area contributed by atoms with Crippen LogP contribution in [0.25, 0.3) is 0 Å². The van der Waals surface area contributed by atoms with Crippen LogP contribution in [0.4, 0.5) is 22.0 Å². The number of hydrogen-bond acceptors (Lipinski definition) is 2. The van der Waals surface area contributed by atoms with Crippen LogP contribution < -0.4 is 0 Å². The van der Waals surface area contributed by atoms with Crippen LogP contribution in [0.2, 0.25) is 0 Å². The first-order valence-corrected chi connectivity index (χ1v) is 16.3. The van der Waals surface area contributed by atoms with Crippen LogP contribution in [0.15, 0.2) is 18.2 Å². The van der Waals surface area contributed by atoms with Crippen molar-refractivity contribution in [3.05, 3.63) is 29.3 Å². The molecule has 4 aliphatic rings. The smallest absolute Gasteiger partial charge is 0.453 e. The molecule has 3 fully saturated rings. The number of rotatable bonds is 14. The van der Waals surface area contributed by atoms with Crippen molar-refractivity contribution in [1.82, 2.24) is 0 Å². The largest absolute Gasteiger partial charge is 0.508 e. The van der Waals surface area contributed by atoms with Gasteiger partial charge in [-0.15, -0.1) is 0 Å². The summed E-state index contributed by atoms with van der Waals surface area (Å²) < 4.78 is 62.6. The monoisotopic (exact) mass is 582 g/mol. The van der Waals surface area contributed by atoms with E-state index in [0.29, 0.717) is 29.4 Å². The minimum absolute atomic E-state index is 0.207. The molecule has 1 aromatic carbocycles. The van der Waals surface area contributed by atoms with Gasteiger partial charge < -0.3 is 5.11 Å². The van der Waals surface area contributed by atoms with E-state index in [9.17, 15) is 31.9 Å². The van der Waals surface area contributed by atoms with Crippen molar-refractivity contribution < 1.29 is 31.9 Å². The number of phenolic OH excluding ortho intramolecular Hbond substituents is 1. The summed E-state index contributed by atoms with van der Waals surface area (Å²) >= 11 is 0. The van der Waals surface area contributed by atoms with Crippen LogP contribution in [0, 0.1) is 29.1 Å². The van der Waals surface area contributed by atoms with Gasteiger partial charge in [0.1, 0.15) is 11.5 Å². The number of benzene rings is 1. The summed E-state index contributed by atoms with van der Waals surface area (Å²) in [4.78, 5) is 11.9. The molecule has 0 aliphatic heterocycles. The van der Waals surface area contributed by atoms with Gasteiger partial charge in [-0.2, -0.15) is 22.0 Å². The lowest BCUT2D eigenvalue weighted by atomic mass is 9.45. The Labute approximate surface area is 241 Å². The summed E-state index contributed by atoms with van der Waals surface area (Å²) in [5.74, 6) is -0.528. The molecule has 1 aromatic rings. The highest BCUT2D eigenvalue weighted by Gasteiger charge is 2.62. The van der Waals surface area contributed by atoms with Gasteiger partial charge in [0.05, 0.1) is 0 Å². The average molecular weight is 583 g/mol. The fraction of sp³-hybridized carbons (Fsp3) is 0.794. The molecule has 5 rings (SSSR count). The van der Waals surface area contributed by atoms with Gasteiger partial charge in [0.2, 0.25) is 0 Å². The molecule has 7 heteroatoms. The van der Waals surface area contributed by atoms with E-state index in [0.717, 1.165) is 49.9 Å². The van der Waals surface area contributed by atoms with Crippen molar-refractivity contribution in [3.63, 3.8) is 0 Å². The van der Waals surface area contributed by atoms with Crippen molar-refractivity contribution in [2.75, 3.05) is 0 Å². The predicted octanol–water partition coefficient (Wildman–Crippen LogP) is 10.3. The third kappa shape index (κ3) is 6.49. The number of alkyl halides is 5. The Kier molecular flexibility index (Phi) is 9.40. The Hall–Kier alpha value is -1.66. The fourth-order valence-electron chi connectivity index (χ4n) is 9.55. The summed E-state index contributed by atoms with van der Waals surface area (Å²) in [5, 5.41) is 10.2. The normalized spacial score (nSPS) is 30.6. The van der Waals surface area contributed by atoms with Gasteiger partial charge in [0.25, 0.3) is 0 Å². The lowest BCUT2D eigenvalue weighted by Crippen LogP contribution is -2.51. The number of phenols is 1. The Morgan fingerprint density at radius 3 is 2.24 bits per heavy atom. The number of hydrogen-bond donors (Lipinski definition) is 1. The molecule has 1 spiro atoms. The van der Waals surface area contributed by atoms with Crippen molar-refractivity contribution in [2.24, 2.45) is 29.1 Å². The number of halogens is 5. The number of Topliss-reactive ketones (excluding diaryl/α,β-unsaturated/α-hetero) is 1. The summed E-state index contributed by atoms with van der Waals surface area (Å²) in [7, 11) is 0. The summed E-state index contributed by atoms with van der Waals surface area (Å²) in [6, 6.07) is 6.12. The minimum Gasteiger partial charge on any atom is -0.508 e. The average Bonchev–Trinajstić information content (AvgIpc) is 3.16. The number of unbranched alkanes of at least 4 members (excludes halogenated alkanes) is 6. The molecule has 1 N–H and O–H groups in total. The van der Waals surface area contributed by atoms with Crippen LogP contribution >= 0.6 is 0 Å². The molecule has 1 unspecified atom stereocenters. The highest BCUT2D eigenvalue weighted by atomic mass is 19.4. The van der Waals surface area contributed by atoms with Crippen molar-refractivity contribution in [3.8, 4) is 5.75 Å². The quantitative estimate of drug-likeness (QED) is 0.175. The highest BCUT2D eigenvalue weighted by Crippen LogP contribution is 2.71. The molecule has 6 atom stereocenters. The zero-order valence-corrected chi connectivity index (χ0v) is 24.3. The van der Waals surface area contributed by atoms with Gasteiger partial charge >= 0.3 is 12.1 Å². The number of fused-ring (bicyclic) bond motifs is 4. The zero-order chi connectivity index (χ0) is 29.3. The molecule has 0 bridgehead atoms. The van der Waals surface area contributed by atoms with Gasteiger partial charge in [-0.25, -0.2) is 0 Å².